The lowest BCUT2D eigenvalue weighted by Gasteiger charge is -2.15. The standard InChI is InChI=1S/C21H20N4O2S/c1-4-18-23-19(27-24-18)12-28-21-22-16-8-6-5-7-15(16)20(26)25(21)17-11-13(2)9-10-14(17)3/h5-11H,4,12H2,1-3H3. The minimum Gasteiger partial charge on any atom is -0.338 e. The Kier molecular flexibility index (Phi) is 5.00. The van der Waals surface area contributed by atoms with Crippen LogP contribution in [-0.4, -0.2) is 19.7 Å². The molecule has 0 aliphatic heterocycles. The van der Waals surface area contributed by atoms with Crippen LogP contribution >= 0.6 is 11.8 Å². The average Bonchev–Trinajstić information content (AvgIpc) is 3.17. The zero-order valence-electron chi connectivity index (χ0n) is 16.0. The van der Waals surface area contributed by atoms with E-state index < -0.39 is 0 Å². The van der Waals surface area contributed by atoms with Gasteiger partial charge in [0.05, 0.1) is 22.3 Å². The molecular weight excluding hydrogens is 372 g/mol. The second kappa shape index (κ2) is 7.59. The van der Waals surface area contributed by atoms with Crippen molar-refractivity contribution in [1.29, 1.82) is 0 Å². The first-order valence-corrected chi connectivity index (χ1v) is 10.1. The number of rotatable bonds is 5. The van der Waals surface area contributed by atoms with Crippen molar-refractivity contribution >= 4 is 22.7 Å². The number of benzene rings is 2. The molecule has 0 spiro atoms. The number of aromatic nitrogens is 4. The fourth-order valence-electron chi connectivity index (χ4n) is 3.00. The van der Waals surface area contributed by atoms with Crippen LogP contribution in [0.25, 0.3) is 16.6 Å². The van der Waals surface area contributed by atoms with E-state index in [2.05, 4.69) is 10.1 Å². The van der Waals surface area contributed by atoms with Crippen molar-refractivity contribution in [2.24, 2.45) is 0 Å². The van der Waals surface area contributed by atoms with Crippen molar-refractivity contribution < 1.29 is 4.52 Å². The monoisotopic (exact) mass is 392 g/mol. The molecule has 0 fully saturated rings. The van der Waals surface area contributed by atoms with Crippen molar-refractivity contribution in [2.75, 3.05) is 0 Å². The molecule has 2 heterocycles. The topological polar surface area (TPSA) is 73.8 Å². The molecule has 0 radical (unpaired) electrons. The third kappa shape index (κ3) is 3.45. The molecule has 0 bridgehead atoms. The summed E-state index contributed by atoms with van der Waals surface area (Å²) >= 11 is 1.42. The van der Waals surface area contributed by atoms with Crippen LogP contribution in [0, 0.1) is 13.8 Å². The molecule has 2 aromatic heterocycles. The van der Waals surface area contributed by atoms with E-state index >= 15 is 0 Å². The highest BCUT2D eigenvalue weighted by Crippen LogP contribution is 2.26. The van der Waals surface area contributed by atoms with Crippen molar-refractivity contribution in [2.45, 2.75) is 38.1 Å². The molecule has 7 heteroatoms. The first kappa shape index (κ1) is 18.4. The minimum atomic E-state index is -0.0819. The van der Waals surface area contributed by atoms with E-state index in [-0.39, 0.29) is 5.56 Å². The molecule has 0 atom stereocenters. The van der Waals surface area contributed by atoms with Crippen LogP contribution in [0.2, 0.25) is 0 Å². The van der Waals surface area contributed by atoms with Crippen LogP contribution in [0.1, 0.15) is 29.8 Å². The maximum absolute atomic E-state index is 13.3. The third-order valence-corrected chi connectivity index (χ3v) is 5.42. The van der Waals surface area contributed by atoms with E-state index in [0.717, 1.165) is 23.2 Å². The van der Waals surface area contributed by atoms with Crippen molar-refractivity contribution in [3.8, 4) is 5.69 Å². The second-order valence-electron chi connectivity index (χ2n) is 6.59. The Morgan fingerprint density at radius 2 is 1.93 bits per heavy atom. The van der Waals surface area contributed by atoms with Gasteiger partial charge in [-0.25, -0.2) is 4.98 Å². The summed E-state index contributed by atoms with van der Waals surface area (Å²) in [4.78, 5) is 22.4. The van der Waals surface area contributed by atoms with Gasteiger partial charge in [-0.3, -0.25) is 9.36 Å². The number of aryl methyl sites for hydroxylation is 3. The quantitative estimate of drug-likeness (QED) is 0.374. The zero-order valence-corrected chi connectivity index (χ0v) is 16.8. The van der Waals surface area contributed by atoms with Gasteiger partial charge in [0, 0.05) is 6.42 Å². The summed E-state index contributed by atoms with van der Waals surface area (Å²) in [6.45, 7) is 5.99. The van der Waals surface area contributed by atoms with Gasteiger partial charge in [-0.1, -0.05) is 48.1 Å². The van der Waals surface area contributed by atoms with E-state index in [0.29, 0.717) is 33.5 Å². The molecule has 4 aromatic rings. The van der Waals surface area contributed by atoms with Crippen LogP contribution in [0.3, 0.4) is 0 Å². The largest absolute Gasteiger partial charge is 0.338 e. The molecule has 6 nitrogen and oxygen atoms in total. The van der Waals surface area contributed by atoms with Gasteiger partial charge in [0.1, 0.15) is 0 Å². The van der Waals surface area contributed by atoms with Crippen molar-refractivity contribution in [3.05, 3.63) is 75.7 Å². The summed E-state index contributed by atoms with van der Waals surface area (Å²) in [7, 11) is 0. The zero-order chi connectivity index (χ0) is 19.7. The third-order valence-electron chi connectivity index (χ3n) is 4.50. The molecule has 0 saturated carbocycles. The highest BCUT2D eigenvalue weighted by atomic mass is 32.2. The Labute approximate surface area is 166 Å². The maximum Gasteiger partial charge on any atom is 0.266 e. The van der Waals surface area contributed by atoms with Gasteiger partial charge in [-0.05, 0) is 43.2 Å². The van der Waals surface area contributed by atoms with Gasteiger partial charge >= 0.3 is 0 Å². The Morgan fingerprint density at radius 3 is 2.71 bits per heavy atom. The molecule has 0 amide bonds. The second-order valence-corrected chi connectivity index (χ2v) is 7.53. The molecule has 0 aliphatic rings. The number of thioether (sulfide) groups is 1. The van der Waals surface area contributed by atoms with Crippen molar-refractivity contribution in [1.82, 2.24) is 19.7 Å². The minimum absolute atomic E-state index is 0.0819. The molecule has 0 aliphatic carbocycles. The Bertz CT molecular complexity index is 1210. The Hall–Kier alpha value is -2.93. The first-order valence-electron chi connectivity index (χ1n) is 9.10. The summed E-state index contributed by atoms with van der Waals surface area (Å²) in [5.41, 5.74) is 3.53. The van der Waals surface area contributed by atoms with E-state index in [1.165, 1.54) is 11.8 Å². The van der Waals surface area contributed by atoms with Crippen molar-refractivity contribution in [3.63, 3.8) is 0 Å². The molecule has 142 valence electrons. The summed E-state index contributed by atoms with van der Waals surface area (Å²) < 4.78 is 6.97. The van der Waals surface area contributed by atoms with Gasteiger partial charge in [0.25, 0.3) is 5.56 Å². The normalized spacial score (nSPS) is 11.2. The molecule has 0 unspecified atom stereocenters. The lowest BCUT2D eigenvalue weighted by molar-refractivity contribution is 0.385. The molecule has 0 saturated heterocycles. The smallest absolute Gasteiger partial charge is 0.266 e. The summed E-state index contributed by atoms with van der Waals surface area (Å²) in [5, 5.41) is 5.13. The lowest BCUT2D eigenvalue weighted by atomic mass is 10.1. The number of fused-ring (bicyclic) bond motifs is 1. The van der Waals surface area contributed by atoms with Gasteiger partial charge in [0.15, 0.2) is 11.0 Å². The number of hydrogen-bond acceptors (Lipinski definition) is 6. The van der Waals surface area contributed by atoms with Crippen LogP contribution in [0.15, 0.2) is 56.9 Å². The van der Waals surface area contributed by atoms with Crippen LogP contribution in [0.5, 0.6) is 0 Å². The highest BCUT2D eigenvalue weighted by Gasteiger charge is 2.16. The van der Waals surface area contributed by atoms with Gasteiger partial charge in [-0.2, -0.15) is 4.98 Å². The number of para-hydroxylation sites is 1. The summed E-state index contributed by atoms with van der Waals surface area (Å²) in [6.07, 6.45) is 0.718. The van der Waals surface area contributed by atoms with E-state index in [9.17, 15) is 4.79 Å². The Morgan fingerprint density at radius 1 is 1.11 bits per heavy atom. The molecular formula is C21H20N4O2S. The number of hydrogen-bond donors (Lipinski definition) is 0. The maximum atomic E-state index is 13.3. The highest BCUT2D eigenvalue weighted by molar-refractivity contribution is 7.98. The van der Waals surface area contributed by atoms with E-state index in [1.54, 1.807) is 4.57 Å². The van der Waals surface area contributed by atoms with Crippen LogP contribution in [-0.2, 0) is 12.2 Å². The van der Waals surface area contributed by atoms with E-state index in [1.807, 2.05) is 63.2 Å². The first-order chi connectivity index (χ1) is 13.6. The van der Waals surface area contributed by atoms with Crippen LogP contribution in [0.4, 0.5) is 0 Å². The van der Waals surface area contributed by atoms with Gasteiger partial charge in [-0.15, -0.1) is 0 Å². The lowest BCUT2D eigenvalue weighted by Crippen LogP contribution is -2.22. The molecule has 28 heavy (non-hydrogen) atoms. The summed E-state index contributed by atoms with van der Waals surface area (Å²) in [5.74, 6) is 1.65. The Balaban J connectivity index is 1.85. The molecule has 2 aromatic carbocycles. The predicted octanol–water partition coefficient (Wildman–Crippen LogP) is 4.24. The van der Waals surface area contributed by atoms with Gasteiger partial charge < -0.3 is 4.52 Å². The fourth-order valence-corrected chi connectivity index (χ4v) is 3.84. The van der Waals surface area contributed by atoms with E-state index in [4.69, 9.17) is 9.51 Å². The summed E-state index contributed by atoms with van der Waals surface area (Å²) in [6, 6.07) is 13.5. The van der Waals surface area contributed by atoms with Crippen LogP contribution < -0.4 is 5.56 Å². The van der Waals surface area contributed by atoms with Gasteiger partial charge in [0.2, 0.25) is 5.89 Å². The fraction of sp³-hybridized carbons (Fsp3) is 0.238. The average molecular weight is 392 g/mol. The molecule has 0 N–H and O–H groups in total. The number of nitrogens with zero attached hydrogens (tertiary/aromatic N) is 4. The predicted molar refractivity (Wildman–Crippen MR) is 110 cm³/mol. The SMILES string of the molecule is CCc1noc(CSc2nc3ccccc3c(=O)n2-c2cc(C)ccc2C)n1. The molecule has 4 rings (SSSR count).